The second-order valence-electron chi connectivity index (χ2n) is 9.23. The molecule has 0 aliphatic rings. The summed E-state index contributed by atoms with van der Waals surface area (Å²) in [6.07, 6.45) is 9.50. The van der Waals surface area contributed by atoms with Gasteiger partial charge in [-0.3, -0.25) is 9.59 Å². The van der Waals surface area contributed by atoms with Gasteiger partial charge in [0.2, 0.25) is 5.91 Å². The van der Waals surface area contributed by atoms with Crippen molar-refractivity contribution in [3.63, 3.8) is 0 Å². The molecule has 5 nitrogen and oxygen atoms in total. The van der Waals surface area contributed by atoms with Crippen LogP contribution in [0.5, 0.6) is 0 Å². The number of nitrogens with one attached hydrogen (secondary N) is 1. The number of halogens is 2. The summed E-state index contributed by atoms with van der Waals surface area (Å²) in [7, 11) is 3.80. The third kappa shape index (κ3) is 12.1. The first kappa shape index (κ1) is 29.2. The SMILES string of the molecule is CN(C)CC(CC(=O)OCc1ccccc1)NC(=O)CCCCCCCC=Cc1cccc(F)c1F. The molecule has 0 aliphatic carbocycles. The van der Waals surface area contributed by atoms with Crippen molar-refractivity contribution in [3.05, 3.63) is 77.4 Å². The Hall–Kier alpha value is -3.06. The predicted molar refractivity (Wildman–Crippen MR) is 139 cm³/mol. The van der Waals surface area contributed by atoms with E-state index in [0.717, 1.165) is 50.2 Å². The number of amides is 1. The molecule has 0 radical (unpaired) electrons. The van der Waals surface area contributed by atoms with Crippen LogP contribution in [0.3, 0.4) is 0 Å². The first-order valence-corrected chi connectivity index (χ1v) is 12.6. The molecule has 36 heavy (non-hydrogen) atoms. The van der Waals surface area contributed by atoms with Crippen LogP contribution in [0, 0.1) is 11.6 Å². The number of allylic oxidation sites excluding steroid dienone is 1. The zero-order chi connectivity index (χ0) is 26.2. The van der Waals surface area contributed by atoms with E-state index in [-0.39, 0.29) is 36.5 Å². The molecule has 2 aromatic carbocycles. The number of ether oxygens (including phenoxy) is 1. The van der Waals surface area contributed by atoms with E-state index in [1.807, 2.05) is 55.4 Å². The number of likely N-dealkylation sites (N-methyl/N-ethyl adjacent to an activating group) is 1. The molecule has 2 rings (SSSR count). The minimum absolute atomic E-state index is 0.0576. The van der Waals surface area contributed by atoms with Crippen molar-refractivity contribution in [1.82, 2.24) is 10.2 Å². The molecule has 1 unspecified atom stereocenters. The van der Waals surface area contributed by atoms with Crippen LogP contribution in [-0.4, -0.2) is 43.5 Å². The lowest BCUT2D eigenvalue weighted by Crippen LogP contribution is -2.43. The van der Waals surface area contributed by atoms with Gasteiger partial charge < -0.3 is 15.0 Å². The molecule has 2 aromatic rings. The highest BCUT2D eigenvalue weighted by molar-refractivity contribution is 5.77. The molecule has 196 valence electrons. The quantitative estimate of drug-likeness (QED) is 0.231. The second kappa shape index (κ2) is 16.6. The normalized spacial score (nSPS) is 12.1. The van der Waals surface area contributed by atoms with Crippen LogP contribution in [0.15, 0.2) is 54.6 Å². The molecule has 0 heterocycles. The van der Waals surface area contributed by atoms with Crippen LogP contribution < -0.4 is 5.32 Å². The molecule has 0 saturated heterocycles. The van der Waals surface area contributed by atoms with E-state index in [1.54, 1.807) is 12.1 Å². The molecule has 0 aliphatic heterocycles. The molecule has 7 heteroatoms. The van der Waals surface area contributed by atoms with Gasteiger partial charge in [-0.1, -0.05) is 73.9 Å². The highest BCUT2D eigenvalue weighted by Gasteiger charge is 2.18. The van der Waals surface area contributed by atoms with Crippen molar-refractivity contribution in [3.8, 4) is 0 Å². The Kier molecular flexibility index (Phi) is 13.4. The number of esters is 1. The lowest BCUT2D eigenvalue weighted by molar-refractivity contribution is -0.145. The van der Waals surface area contributed by atoms with Crippen molar-refractivity contribution in [2.24, 2.45) is 0 Å². The maximum atomic E-state index is 13.6. The number of benzene rings is 2. The zero-order valence-corrected chi connectivity index (χ0v) is 21.3. The van der Waals surface area contributed by atoms with E-state index in [0.29, 0.717) is 13.0 Å². The minimum atomic E-state index is -0.836. The predicted octanol–water partition coefficient (Wildman–Crippen LogP) is 5.89. The van der Waals surface area contributed by atoms with Gasteiger partial charge in [0.05, 0.1) is 12.5 Å². The van der Waals surface area contributed by atoms with Crippen molar-refractivity contribution >= 4 is 18.0 Å². The summed E-state index contributed by atoms with van der Waals surface area (Å²) in [6.45, 7) is 0.777. The first-order valence-electron chi connectivity index (χ1n) is 12.6. The van der Waals surface area contributed by atoms with Gasteiger partial charge in [0.1, 0.15) is 6.61 Å². The van der Waals surface area contributed by atoms with Gasteiger partial charge >= 0.3 is 5.97 Å². The van der Waals surface area contributed by atoms with Crippen LogP contribution in [0.4, 0.5) is 8.78 Å². The summed E-state index contributed by atoms with van der Waals surface area (Å²) in [4.78, 5) is 26.6. The van der Waals surface area contributed by atoms with Crippen molar-refractivity contribution in [2.75, 3.05) is 20.6 Å². The molecular weight excluding hydrogens is 462 g/mol. The summed E-state index contributed by atoms with van der Waals surface area (Å²) in [5.74, 6) is -2.04. The van der Waals surface area contributed by atoms with Gasteiger partial charge in [-0.2, -0.15) is 0 Å². The van der Waals surface area contributed by atoms with Crippen LogP contribution in [0.25, 0.3) is 6.08 Å². The van der Waals surface area contributed by atoms with E-state index < -0.39 is 11.6 Å². The Morgan fingerprint density at radius 3 is 2.44 bits per heavy atom. The fourth-order valence-electron chi connectivity index (χ4n) is 3.84. The van der Waals surface area contributed by atoms with E-state index in [4.69, 9.17) is 4.74 Å². The number of hydrogen-bond acceptors (Lipinski definition) is 4. The van der Waals surface area contributed by atoms with Gasteiger partial charge in [-0.05, 0) is 45.0 Å². The van der Waals surface area contributed by atoms with Crippen molar-refractivity contribution in [1.29, 1.82) is 0 Å². The van der Waals surface area contributed by atoms with Crippen LogP contribution in [0.2, 0.25) is 0 Å². The maximum absolute atomic E-state index is 13.6. The van der Waals surface area contributed by atoms with Crippen LogP contribution in [-0.2, 0) is 20.9 Å². The zero-order valence-electron chi connectivity index (χ0n) is 21.3. The number of unbranched alkanes of at least 4 members (excludes halogenated alkanes) is 5. The topological polar surface area (TPSA) is 58.6 Å². The standard InChI is InChI=1S/C29H38F2N2O3/c1-33(2)21-25(20-28(35)36-22-23-14-9-8-10-15-23)32-27(34)19-12-7-5-3-4-6-11-16-24-17-13-18-26(30)29(24)31/h8-11,13-18,25H,3-7,12,19-22H2,1-2H3,(H,32,34). The lowest BCUT2D eigenvalue weighted by atomic mass is 10.1. The van der Waals surface area contributed by atoms with Gasteiger partial charge in [-0.25, -0.2) is 8.78 Å². The van der Waals surface area contributed by atoms with Crippen LogP contribution >= 0.6 is 0 Å². The highest BCUT2D eigenvalue weighted by atomic mass is 19.2. The third-order valence-corrected chi connectivity index (χ3v) is 5.66. The molecule has 1 amide bonds. The second-order valence-corrected chi connectivity index (χ2v) is 9.23. The Morgan fingerprint density at radius 2 is 1.69 bits per heavy atom. The first-order chi connectivity index (χ1) is 17.3. The van der Waals surface area contributed by atoms with E-state index in [9.17, 15) is 18.4 Å². The van der Waals surface area contributed by atoms with E-state index >= 15 is 0 Å². The fourth-order valence-corrected chi connectivity index (χ4v) is 3.84. The molecule has 0 aromatic heterocycles. The smallest absolute Gasteiger partial charge is 0.308 e. The molecule has 0 fully saturated rings. The number of rotatable bonds is 16. The molecule has 1 N–H and O–H groups in total. The Bertz CT molecular complexity index is 964. The summed E-state index contributed by atoms with van der Waals surface area (Å²) >= 11 is 0. The minimum Gasteiger partial charge on any atom is -0.461 e. The molecule has 0 saturated carbocycles. The number of carbonyl (C=O) groups excluding carboxylic acids is 2. The molecule has 0 spiro atoms. The van der Waals surface area contributed by atoms with Gasteiger partial charge in [0, 0.05) is 18.5 Å². The highest BCUT2D eigenvalue weighted by Crippen LogP contribution is 2.14. The number of nitrogens with zero attached hydrogens (tertiary/aromatic N) is 1. The molecule has 1 atom stereocenters. The Balaban J connectivity index is 1.59. The summed E-state index contributed by atoms with van der Waals surface area (Å²) in [5.41, 5.74) is 1.19. The fraction of sp³-hybridized carbons (Fsp3) is 0.448. The Labute approximate surface area is 213 Å². The van der Waals surface area contributed by atoms with Crippen molar-refractivity contribution in [2.45, 2.75) is 64.0 Å². The monoisotopic (exact) mass is 500 g/mol. The van der Waals surface area contributed by atoms with Crippen LogP contribution in [0.1, 0.15) is 62.5 Å². The summed E-state index contributed by atoms with van der Waals surface area (Å²) in [6, 6.07) is 13.4. The number of hydrogen-bond donors (Lipinski definition) is 1. The van der Waals surface area contributed by atoms with Crippen molar-refractivity contribution < 1.29 is 23.1 Å². The number of carbonyl (C=O) groups is 2. The van der Waals surface area contributed by atoms with E-state index in [1.165, 1.54) is 6.07 Å². The lowest BCUT2D eigenvalue weighted by Gasteiger charge is -2.22. The van der Waals surface area contributed by atoms with Gasteiger partial charge in [0.15, 0.2) is 11.6 Å². The largest absolute Gasteiger partial charge is 0.461 e. The third-order valence-electron chi connectivity index (χ3n) is 5.66. The Morgan fingerprint density at radius 1 is 0.972 bits per heavy atom. The van der Waals surface area contributed by atoms with E-state index in [2.05, 4.69) is 5.32 Å². The van der Waals surface area contributed by atoms with Gasteiger partial charge in [-0.15, -0.1) is 0 Å². The molecule has 0 bridgehead atoms. The van der Waals surface area contributed by atoms with Gasteiger partial charge in [0.25, 0.3) is 0 Å². The average Bonchev–Trinajstić information content (AvgIpc) is 2.84. The maximum Gasteiger partial charge on any atom is 0.308 e. The summed E-state index contributed by atoms with van der Waals surface area (Å²) in [5, 5.41) is 2.97. The molecular formula is C29H38F2N2O3. The summed E-state index contributed by atoms with van der Waals surface area (Å²) < 4.78 is 32.2. The average molecular weight is 501 g/mol.